The van der Waals surface area contributed by atoms with Crippen LogP contribution in [0.1, 0.15) is 138 Å². The van der Waals surface area contributed by atoms with E-state index in [4.69, 9.17) is 36.6 Å². The molecular formula is C52H40O16. The van der Waals surface area contributed by atoms with Crippen molar-refractivity contribution < 1.29 is 76.2 Å². The monoisotopic (exact) mass is 920 g/mol. The summed E-state index contributed by atoms with van der Waals surface area (Å²) in [4.78, 5) is 54.3. The summed E-state index contributed by atoms with van der Waals surface area (Å²) in [5.74, 6) is -9.55. The summed E-state index contributed by atoms with van der Waals surface area (Å²) >= 11 is 0. The molecule has 1 aliphatic carbocycles. The fraction of sp³-hybridized carbons (Fsp3) is 0.154. The van der Waals surface area contributed by atoms with Crippen molar-refractivity contribution in [2.45, 2.75) is 51.4 Å². The zero-order chi connectivity index (χ0) is 48.0. The molecule has 0 spiro atoms. The lowest BCUT2D eigenvalue weighted by molar-refractivity contribution is 0.0678. The Bertz CT molecular complexity index is 2780. The molecule has 0 aliphatic heterocycles. The Kier molecular flexibility index (Phi) is 11.6. The number of ether oxygens (including phenoxy) is 4. The molecule has 4 N–H and O–H groups in total. The van der Waals surface area contributed by atoms with Crippen molar-refractivity contribution in [3.63, 3.8) is 0 Å². The predicted molar refractivity (Wildman–Crippen MR) is 237 cm³/mol. The van der Waals surface area contributed by atoms with Crippen molar-refractivity contribution in [2.24, 2.45) is 0 Å². The fourth-order valence-electron chi connectivity index (χ4n) is 8.36. The lowest BCUT2D eigenvalue weighted by Crippen LogP contribution is -2.15. The molecule has 0 fully saturated rings. The first-order valence-corrected chi connectivity index (χ1v) is 21.2. The van der Waals surface area contributed by atoms with Gasteiger partial charge in [0.25, 0.3) is 0 Å². The van der Waals surface area contributed by atoms with E-state index in [1.165, 1.54) is 85.7 Å². The van der Waals surface area contributed by atoms with Crippen molar-refractivity contribution in [2.75, 3.05) is 0 Å². The molecular weight excluding hydrogens is 881 g/mol. The number of rotatable bonds is 8. The van der Waals surface area contributed by atoms with Crippen LogP contribution in [0.5, 0.6) is 46.0 Å². The maximum atomic E-state index is 13.6. The van der Waals surface area contributed by atoms with Crippen molar-refractivity contribution in [3.8, 4) is 46.0 Å². The minimum atomic E-state index is -0.903. The van der Waals surface area contributed by atoms with Gasteiger partial charge in [-0.15, -0.1) is 0 Å². The Labute approximate surface area is 386 Å². The van der Waals surface area contributed by atoms with Gasteiger partial charge in [0, 0.05) is 92.4 Å². The van der Waals surface area contributed by atoms with Crippen molar-refractivity contribution in [3.05, 3.63) is 190 Å². The molecule has 344 valence electrons. The molecule has 4 atom stereocenters. The van der Waals surface area contributed by atoms with Gasteiger partial charge in [-0.1, -0.05) is 27.7 Å². The summed E-state index contributed by atoms with van der Waals surface area (Å²) in [6.45, 7) is 6.84. The van der Waals surface area contributed by atoms with Crippen LogP contribution < -0.4 is 18.9 Å². The van der Waals surface area contributed by atoms with Gasteiger partial charge in [-0.2, -0.15) is 0 Å². The molecule has 1 aliphatic rings. The molecule has 16 nitrogen and oxygen atoms in total. The van der Waals surface area contributed by atoms with E-state index < -0.39 is 47.5 Å². The van der Waals surface area contributed by atoms with E-state index in [1.54, 1.807) is 52.0 Å². The SMILES string of the molecule is C[C@@H]1c2cc(c(O)cc2O)[C@@H](C)c2cc(c(OC(=O)c3ccco3)cc2OC(=O)c2ccco2)[C@@H](C)c2cc(c(O)cc2O)[C@H](C)c2cc1c(OC(=O)c1ccco1)cc2OC(=O)c1ccco1. The fourth-order valence-corrected chi connectivity index (χ4v) is 8.36. The smallest absolute Gasteiger partial charge is 0.379 e. The minimum Gasteiger partial charge on any atom is -0.508 e. The minimum absolute atomic E-state index is 0.110. The zero-order valence-electron chi connectivity index (χ0n) is 36.5. The Morgan fingerprint density at radius 1 is 0.353 bits per heavy atom. The highest BCUT2D eigenvalue weighted by atomic mass is 16.6. The van der Waals surface area contributed by atoms with Crippen LogP contribution in [-0.4, -0.2) is 44.3 Å². The highest BCUT2D eigenvalue weighted by Gasteiger charge is 2.33. The number of benzene rings is 4. The number of phenols is 4. The second-order valence-corrected chi connectivity index (χ2v) is 16.1. The zero-order valence-corrected chi connectivity index (χ0v) is 36.5. The number of carbonyl (C=O) groups is 4. The third kappa shape index (κ3) is 8.30. The van der Waals surface area contributed by atoms with E-state index >= 15 is 0 Å². The second kappa shape index (κ2) is 17.8. The van der Waals surface area contributed by atoms with Crippen LogP contribution in [0.2, 0.25) is 0 Å². The number of furan rings is 4. The molecule has 0 amide bonds. The van der Waals surface area contributed by atoms with Crippen LogP contribution in [0, 0.1) is 0 Å². The number of aromatic hydroxyl groups is 4. The van der Waals surface area contributed by atoms with Gasteiger partial charge in [-0.3, -0.25) is 0 Å². The van der Waals surface area contributed by atoms with Crippen LogP contribution in [0.3, 0.4) is 0 Å². The maximum absolute atomic E-state index is 13.6. The number of phenolic OH excluding ortho intramolecular Hbond substituents is 4. The van der Waals surface area contributed by atoms with E-state index in [0.29, 0.717) is 0 Å². The van der Waals surface area contributed by atoms with Gasteiger partial charge in [0.15, 0.2) is 0 Å². The average molecular weight is 921 g/mol. The van der Waals surface area contributed by atoms with E-state index in [0.717, 1.165) is 12.1 Å². The normalized spacial score (nSPS) is 16.4. The van der Waals surface area contributed by atoms with Gasteiger partial charge in [-0.05, 0) is 72.8 Å². The molecule has 4 aromatic carbocycles. The topological polar surface area (TPSA) is 239 Å². The summed E-state index contributed by atoms with van der Waals surface area (Å²) in [6.07, 6.45) is 5.17. The number of hydrogen-bond acceptors (Lipinski definition) is 16. The molecule has 16 heteroatoms. The van der Waals surface area contributed by atoms with Gasteiger partial charge < -0.3 is 57.0 Å². The van der Waals surface area contributed by atoms with Gasteiger partial charge in [0.1, 0.15) is 46.0 Å². The summed E-state index contributed by atoms with van der Waals surface area (Å²) in [5, 5.41) is 46.5. The molecule has 8 bridgehead atoms. The van der Waals surface area contributed by atoms with Crippen LogP contribution in [-0.2, 0) is 0 Å². The van der Waals surface area contributed by atoms with Gasteiger partial charge in [0.2, 0.25) is 23.0 Å². The molecule has 68 heavy (non-hydrogen) atoms. The molecule has 0 saturated heterocycles. The summed E-state index contributed by atoms with van der Waals surface area (Å²) in [7, 11) is 0. The molecule has 0 saturated carbocycles. The van der Waals surface area contributed by atoms with E-state index in [-0.39, 0.29) is 114 Å². The second-order valence-electron chi connectivity index (χ2n) is 16.1. The van der Waals surface area contributed by atoms with Crippen molar-refractivity contribution in [1.82, 2.24) is 0 Å². The predicted octanol–water partition coefficient (Wildman–Crippen LogP) is 10.7. The first kappa shape index (κ1) is 44.3. The van der Waals surface area contributed by atoms with Crippen molar-refractivity contribution >= 4 is 23.9 Å². The number of fused-ring (bicyclic) bond motifs is 8. The molecule has 4 aromatic heterocycles. The lowest BCUT2D eigenvalue weighted by atomic mass is 9.80. The van der Waals surface area contributed by atoms with Crippen LogP contribution >= 0.6 is 0 Å². The standard InChI is InChI=1S/C52H40O16/c1-25-29-17-30(38(54)21-37(29)53)26(2)35-20-36(48(68-52(60)44-12-8-16-64-44)24-47(35)67-51(59)43-11-7-15-63-43)28(4)32-18-31(39(55)22-40(32)56)27(3)34-19-33(25)45(65-49(57)41-9-5-13-61-41)23-46(34)66-50(58)42-10-6-14-62-42/h5-28,53-56H,1-4H3/t25-,26-,27+,28+. The third-order valence-corrected chi connectivity index (χ3v) is 12.1. The highest BCUT2D eigenvalue weighted by Crippen LogP contribution is 2.50. The van der Waals surface area contributed by atoms with Gasteiger partial charge in [-0.25, -0.2) is 19.2 Å². The molecule has 9 rings (SSSR count). The third-order valence-electron chi connectivity index (χ3n) is 12.1. The summed E-state index contributed by atoms with van der Waals surface area (Å²) in [5.41, 5.74) is 2.03. The van der Waals surface area contributed by atoms with Gasteiger partial charge >= 0.3 is 23.9 Å². The number of esters is 4. The van der Waals surface area contributed by atoms with Gasteiger partial charge in [0.05, 0.1) is 25.1 Å². The Hall–Kier alpha value is -8.92. The van der Waals surface area contributed by atoms with Crippen LogP contribution in [0.4, 0.5) is 0 Å². The first-order chi connectivity index (χ1) is 32.7. The number of carbonyl (C=O) groups excluding carboxylic acids is 4. The maximum Gasteiger partial charge on any atom is 0.379 e. The van der Waals surface area contributed by atoms with Crippen LogP contribution in [0.25, 0.3) is 0 Å². The largest absolute Gasteiger partial charge is 0.508 e. The number of hydrogen-bond donors (Lipinski definition) is 4. The van der Waals surface area contributed by atoms with Crippen LogP contribution in [0.15, 0.2) is 140 Å². The van der Waals surface area contributed by atoms with E-state index in [9.17, 15) is 39.6 Å². The molecule has 0 radical (unpaired) electrons. The molecule has 8 aromatic rings. The Morgan fingerprint density at radius 2 is 0.574 bits per heavy atom. The lowest BCUT2D eigenvalue weighted by Gasteiger charge is -2.27. The molecule has 0 unspecified atom stereocenters. The summed E-state index contributed by atoms with van der Waals surface area (Å²) in [6, 6.07) is 22.8. The Balaban J connectivity index is 1.31. The van der Waals surface area contributed by atoms with Crippen molar-refractivity contribution in [1.29, 1.82) is 0 Å². The molecule has 4 heterocycles. The summed E-state index contributed by atoms with van der Waals surface area (Å²) < 4.78 is 45.2. The first-order valence-electron chi connectivity index (χ1n) is 21.2. The highest BCUT2D eigenvalue weighted by molar-refractivity contribution is 5.91. The van der Waals surface area contributed by atoms with E-state index in [2.05, 4.69) is 0 Å². The Morgan fingerprint density at radius 3 is 0.779 bits per heavy atom. The average Bonchev–Trinajstić information content (AvgIpc) is 4.17. The van der Waals surface area contributed by atoms with E-state index in [1.807, 2.05) is 0 Å². The quantitative estimate of drug-likeness (QED) is 0.0818.